The molecular weight excluding hydrogens is 414 g/mol. The lowest BCUT2D eigenvalue weighted by atomic mass is 10.1. The molecule has 1 fully saturated rings. The largest absolute Gasteiger partial charge is 0.493 e. The standard InChI is InChI=1S/C23H25N3O4S/c1-14-19(22(28)26(24(14)3)16-10-7-6-8-11-16)25-21(27)15(2)31-23(25)17-12-9-13-18(29-4)20(17)30-5/h6-13,15,23H,1-5H3/t15-,23-/m0/s1. The molecule has 0 spiro atoms. The van der Waals surface area contributed by atoms with Gasteiger partial charge < -0.3 is 9.47 Å². The third-order valence-corrected chi connectivity index (χ3v) is 6.95. The van der Waals surface area contributed by atoms with E-state index in [9.17, 15) is 9.59 Å². The molecule has 0 N–H and O–H groups in total. The summed E-state index contributed by atoms with van der Waals surface area (Å²) in [6, 6.07) is 15.0. The van der Waals surface area contributed by atoms with Crippen molar-refractivity contribution in [3.8, 4) is 17.2 Å². The molecule has 162 valence electrons. The minimum Gasteiger partial charge on any atom is -0.493 e. The second-order valence-electron chi connectivity index (χ2n) is 7.33. The van der Waals surface area contributed by atoms with Crippen molar-refractivity contribution < 1.29 is 14.3 Å². The van der Waals surface area contributed by atoms with Gasteiger partial charge in [-0.1, -0.05) is 30.3 Å². The third-order valence-electron chi connectivity index (χ3n) is 5.62. The van der Waals surface area contributed by atoms with Crippen LogP contribution < -0.4 is 19.9 Å². The summed E-state index contributed by atoms with van der Waals surface area (Å²) in [5.74, 6) is 1.04. The molecule has 0 saturated carbocycles. The Kier molecular flexibility index (Phi) is 5.58. The number of rotatable bonds is 5. The quantitative estimate of drug-likeness (QED) is 0.607. The number of carbonyl (C=O) groups excluding carboxylic acids is 1. The van der Waals surface area contributed by atoms with E-state index in [2.05, 4.69) is 0 Å². The molecule has 2 heterocycles. The molecule has 31 heavy (non-hydrogen) atoms. The molecule has 0 radical (unpaired) electrons. The number of methoxy groups -OCH3 is 2. The normalized spacial score (nSPS) is 18.5. The van der Waals surface area contributed by atoms with Gasteiger partial charge in [-0.25, -0.2) is 4.68 Å². The van der Waals surface area contributed by atoms with Crippen molar-refractivity contribution in [1.82, 2.24) is 9.36 Å². The lowest BCUT2D eigenvalue weighted by molar-refractivity contribution is -0.117. The van der Waals surface area contributed by atoms with E-state index >= 15 is 0 Å². The first-order valence-corrected chi connectivity index (χ1v) is 10.9. The van der Waals surface area contributed by atoms with E-state index < -0.39 is 5.37 Å². The first kappa shape index (κ1) is 21.1. The molecule has 8 heteroatoms. The van der Waals surface area contributed by atoms with Crippen LogP contribution in [0.5, 0.6) is 11.5 Å². The van der Waals surface area contributed by atoms with Crippen molar-refractivity contribution in [2.45, 2.75) is 24.5 Å². The number of thioether (sulfide) groups is 1. The summed E-state index contributed by atoms with van der Waals surface area (Å²) in [5.41, 5.74) is 2.39. The number of anilines is 1. The summed E-state index contributed by atoms with van der Waals surface area (Å²) in [5, 5.41) is -0.712. The molecule has 2 aromatic carbocycles. The molecule has 0 unspecified atom stereocenters. The maximum Gasteiger partial charge on any atom is 0.295 e. The van der Waals surface area contributed by atoms with Gasteiger partial charge in [0, 0.05) is 12.6 Å². The van der Waals surface area contributed by atoms with Crippen LogP contribution in [0.2, 0.25) is 0 Å². The average molecular weight is 440 g/mol. The van der Waals surface area contributed by atoms with Crippen molar-refractivity contribution in [2.24, 2.45) is 7.05 Å². The molecule has 7 nitrogen and oxygen atoms in total. The molecule has 2 atom stereocenters. The summed E-state index contributed by atoms with van der Waals surface area (Å²) in [6.07, 6.45) is 0. The van der Waals surface area contributed by atoms with E-state index in [1.165, 1.54) is 11.8 Å². The molecule has 1 aliphatic heterocycles. The molecular formula is C23H25N3O4S. The van der Waals surface area contributed by atoms with E-state index in [0.717, 1.165) is 11.3 Å². The highest BCUT2D eigenvalue weighted by atomic mass is 32.2. The first-order valence-electron chi connectivity index (χ1n) is 9.94. The monoisotopic (exact) mass is 439 g/mol. The zero-order valence-electron chi connectivity index (χ0n) is 18.2. The summed E-state index contributed by atoms with van der Waals surface area (Å²) in [7, 11) is 4.98. The predicted octanol–water partition coefficient (Wildman–Crippen LogP) is 3.67. The topological polar surface area (TPSA) is 65.7 Å². The van der Waals surface area contributed by atoms with Crippen molar-refractivity contribution >= 4 is 23.4 Å². The van der Waals surface area contributed by atoms with Gasteiger partial charge in [-0.15, -0.1) is 11.8 Å². The third kappa shape index (κ3) is 3.31. The van der Waals surface area contributed by atoms with Crippen molar-refractivity contribution in [2.75, 3.05) is 19.1 Å². The number of amides is 1. The van der Waals surface area contributed by atoms with Crippen LogP contribution in [0.3, 0.4) is 0 Å². The fourth-order valence-corrected chi connectivity index (χ4v) is 5.28. The maximum absolute atomic E-state index is 13.6. The van der Waals surface area contributed by atoms with Crippen LogP contribution in [0.15, 0.2) is 53.3 Å². The summed E-state index contributed by atoms with van der Waals surface area (Å²) >= 11 is 1.49. The number of hydrogen-bond donors (Lipinski definition) is 0. The predicted molar refractivity (Wildman–Crippen MR) is 123 cm³/mol. The zero-order valence-corrected chi connectivity index (χ0v) is 19.0. The Balaban J connectivity index is 1.91. The highest BCUT2D eigenvalue weighted by Crippen LogP contribution is 2.49. The highest BCUT2D eigenvalue weighted by molar-refractivity contribution is 8.01. The van der Waals surface area contributed by atoms with E-state index in [1.807, 2.05) is 69.4 Å². The van der Waals surface area contributed by atoms with Crippen LogP contribution in [0.1, 0.15) is 23.6 Å². The summed E-state index contributed by atoms with van der Waals surface area (Å²) in [4.78, 5) is 28.5. The minimum atomic E-state index is -0.412. The number of hydrogen-bond acceptors (Lipinski definition) is 5. The fraction of sp³-hybridized carbons (Fsp3) is 0.304. The maximum atomic E-state index is 13.6. The zero-order chi connectivity index (χ0) is 22.3. The van der Waals surface area contributed by atoms with Crippen LogP contribution in [0, 0.1) is 6.92 Å². The van der Waals surface area contributed by atoms with E-state index in [4.69, 9.17) is 9.47 Å². The van der Waals surface area contributed by atoms with Gasteiger partial charge in [0.15, 0.2) is 11.5 Å². The molecule has 1 aliphatic rings. The molecule has 4 rings (SSSR count). The van der Waals surface area contributed by atoms with Crippen molar-refractivity contribution in [1.29, 1.82) is 0 Å². The summed E-state index contributed by atoms with van der Waals surface area (Å²) in [6.45, 7) is 3.72. The first-order chi connectivity index (χ1) is 14.9. The van der Waals surface area contributed by atoms with Gasteiger partial charge in [-0.3, -0.25) is 19.2 Å². The molecule has 1 amide bonds. The molecule has 1 aromatic heterocycles. The van der Waals surface area contributed by atoms with Gasteiger partial charge in [0.05, 0.1) is 30.9 Å². The molecule has 0 aliphatic carbocycles. The van der Waals surface area contributed by atoms with Crippen LogP contribution in [0.4, 0.5) is 5.69 Å². The lowest BCUT2D eigenvalue weighted by Gasteiger charge is -2.25. The van der Waals surface area contributed by atoms with Gasteiger partial charge in [0.1, 0.15) is 11.1 Å². The van der Waals surface area contributed by atoms with Crippen LogP contribution in [0.25, 0.3) is 5.69 Å². The fourth-order valence-electron chi connectivity index (χ4n) is 4.00. The lowest BCUT2D eigenvalue weighted by Crippen LogP contribution is -2.34. The number of carbonyl (C=O) groups is 1. The van der Waals surface area contributed by atoms with Gasteiger partial charge in [-0.2, -0.15) is 0 Å². The second-order valence-corrected chi connectivity index (χ2v) is 8.76. The number of benzene rings is 2. The van der Waals surface area contributed by atoms with Crippen LogP contribution in [-0.4, -0.2) is 34.7 Å². The van der Waals surface area contributed by atoms with E-state index in [-0.39, 0.29) is 16.7 Å². The Morgan fingerprint density at radius 1 is 0.968 bits per heavy atom. The van der Waals surface area contributed by atoms with Crippen LogP contribution in [-0.2, 0) is 11.8 Å². The highest BCUT2D eigenvalue weighted by Gasteiger charge is 2.44. The summed E-state index contributed by atoms with van der Waals surface area (Å²) < 4.78 is 14.5. The van der Waals surface area contributed by atoms with Crippen molar-refractivity contribution in [3.63, 3.8) is 0 Å². The number of para-hydroxylation sites is 2. The molecule has 1 saturated heterocycles. The Hall–Kier alpha value is -3.13. The molecule has 0 bridgehead atoms. The van der Waals surface area contributed by atoms with Gasteiger partial charge >= 0.3 is 0 Å². The number of nitrogens with zero attached hydrogens (tertiary/aromatic N) is 3. The minimum absolute atomic E-state index is 0.106. The van der Waals surface area contributed by atoms with Gasteiger partial charge in [0.2, 0.25) is 5.91 Å². The van der Waals surface area contributed by atoms with E-state index in [0.29, 0.717) is 22.9 Å². The smallest absolute Gasteiger partial charge is 0.295 e. The average Bonchev–Trinajstić information content (AvgIpc) is 3.19. The Bertz CT molecular complexity index is 1190. The van der Waals surface area contributed by atoms with E-state index in [1.54, 1.807) is 28.5 Å². The Labute approximate surface area is 185 Å². The van der Waals surface area contributed by atoms with Gasteiger partial charge in [0.25, 0.3) is 5.56 Å². The Morgan fingerprint density at radius 2 is 1.68 bits per heavy atom. The van der Waals surface area contributed by atoms with Crippen LogP contribution >= 0.6 is 11.8 Å². The van der Waals surface area contributed by atoms with Crippen molar-refractivity contribution in [3.05, 3.63) is 70.1 Å². The number of ether oxygens (including phenoxy) is 2. The number of aromatic nitrogens is 2. The SMILES string of the molecule is COc1cccc([C@@H]2S[C@@H](C)C(=O)N2c2c(C)n(C)n(-c3ccccc3)c2=O)c1OC. The second kappa shape index (κ2) is 8.19. The molecule has 3 aromatic rings. The van der Waals surface area contributed by atoms with Gasteiger partial charge in [-0.05, 0) is 32.0 Å². The Morgan fingerprint density at radius 3 is 2.32 bits per heavy atom.